The third-order valence-electron chi connectivity index (χ3n) is 6.21. The van der Waals surface area contributed by atoms with Crippen LogP contribution in [0.1, 0.15) is 37.6 Å². The first-order chi connectivity index (χ1) is 18.2. The zero-order valence-electron chi connectivity index (χ0n) is 20.4. The van der Waals surface area contributed by atoms with Crippen LogP contribution in [0.4, 0.5) is 18.3 Å². The maximum atomic E-state index is 13.1. The number of piperidine rings is 1. The molecule has 1 N–H and O–H groups in total. The van der Waals surface area contributed by atoms with Crippen LogP contribution in [0, 0.1) is 5.92 Å². The second kappa shape index (κ2) is 10.5. The smallest absolute Gasteiger partial charge is 0.356 e. The molecular formula is C24H24F3N7O3S. The number of rotatable bonds is 7. The Morgan fingerprint density at radius 2 is 2.13 bits per heavy atom. The second-order valence-corrected chi connectivity index (χ2v) is 9.97. The molecule has 1 aliphatic rings. The predicted octanol–water partition coefficient (Wildman–Crippen LogP) is 3.71. The van der Waals surface area contributed by atoms with Crippen LogP contribution in [0.25, 0.3) is 21.7 Å². The maximum Gasteiger partial charge on any atom is 0.416 e. The van der Waals surface area contributed by atoms with Gasteiger partial charge < -0.3 is 14.7 Å². The molecule has 1 aromatic carbocycles. The largest absolute Gasteiger partial charge is 0.416 e. The van der Waals surface area contributed by atoms with Crippen LogP contribution in [0.15, 0.2) is 39.9 Å². The number of hydrogen-bond donors (Lipinski definition) is 1. The molecule has 0 spiro atoms. The lowest BCUT2D eigenvalue weighted by Crippen LogP contribution is -2.43. The van der Waals surface area contributed by atoms with Crippen molar-refractivity contribution in [2.45, 2.75) is 38.9 Å². The van der Waals surface area contributed by atoms with E-state index >= 15 is 0 Å². The number of nitrogens with zero attached hydrogens (tertiary/aromatic N) is 6. The number of carbonyl (C=O) groups excluding carboxylic acids is 1. The summed E-state index contributed by atoms with van der Waals surface area (Å²) in [6.45, 7) is 3.78. The van der Waals surface area contributed by atoms with Gasteiger partial charge in [-0.05, 0) is 31.4 Å². The van der Waals surface area contributed by atoms with Gasteiger partial charge in [0.15, 0.2) is 10.8 Å². The molecule has 1 atom stereocenters. The summed E-state index contributed by atoms with van der Waals surface area (Å²) in [5.41, 5.74) is -0.730. The molecule has 1 saturated heterocycles. The number of anilines is 1. The van der Waals surface area contributed by atoms with Crippen LogP contribution in [0.2, 0.25) is 0 Å². The fourth-order valence-electron chi connectivity index (χ4n) is 4.26. The molecule has 1 aliphatic heterocycles. The summed E-state index contributed by atoms with van der Waals surface area (Å²) in [5.74, 6) is -0.0871. The summed E-state index contributed by atoms with van der Waals surface area (Å²) in [6.07, 6.45) is -0.674. The predicted molar refractivity (Wildman–Crippen MR) is 134 cm³/mol. The molecule has 0 saturated carbocycles. The van der Waals surface area contributed by atoms with Gasteiger partial charge in [0.1, 0.15) is 17.6 Å². The summed E-state index contributed by atoms with van der Waals surface area (Å²) >= 11 is 1.21. The third-order valence-corrected chi connectivity index (χ3v) is 7.30. The molecule has 1 amide bonds. The van der Waals surface area contributed by atoms with Crippen LogP contribution in [0.5, 0.6) is 0 Å². The fourth-order valence-corrected chi connectivity index (χ4v) is 5.26. The Morgan fingerprint density at radius 3 is 2.92 bits per heavy atom. The monoisotopic (exact) mass is 547 g/mol. The van der Waals surface area contributed by atoms with Crippen molar-refractivity contribution in [3.05, 3.63) is 52.4 Å². The van der Waals surface area contributed by atoms with Gasteiger partial charge in [-0.3, -0.25) is 14.2 Å². The maximum absolute atomic E-state index is 13.1. The Labute approximate surface area is 218 Å². The first kappa shape index (κ1) is 25.8. The topological polar surface area (TPSA) is 119 Å². The van der Waals surface area contributed by atoms with Gasteiger partial charge in [-0.2, -0.15) is 23.1 Å². The second-order valence-electron chi connectivity index (χ2n) is 8.99. The number of thiazole rings is 1. The van der Waals surface area contributed by atoms with E-state index in [0.717, 1.165) is 37.9 Å². The number of alkyl halides is 3. The van der Waals surface area contributed by atoms with Crippen LogP contribution in [-0.4, -0.2) is 50.2 Å². The number of fused-ring (bicyclic) bond motifs is 1. The number of carbonyl (C=O) groups is 1. The first-order valence-electron chi connectivity index (χ1n) is 12.1. The van der Waals surface area contributed by atoms with Crippen molar-refractivity contribution >= 4 is 32.7 Å². The Hall–Kier alpha value is -3.81. The third kappa shape index (κ3) is 5.39. The highest BCUT2D eigenvalue weighted by Gasteiger charge is 2.31. The van der Waals surface area contributed by atoms with Crippen LogP contribution >= 0.6 is 11.3 Å². The van der Waals surface area contributed by atoms with Gasteiger partial charge in [0.05, 0.1) is 11.5 Å². The van der Waals surface area contributed by atoms with Crippen molar-refractivity contribution in [3.8, 4) is 11.4 Å². The molecule has 38 heavy (non-hydrogen) atoms. The lowest BCUT2D eigenvalue weighted by atomic mass is 9.97. The number of aromatic nitrogens is 5. The fraction of sp³-hybridized carbons (Fsp3) is 0.417. The highest BCUT2D eigenvalue weighted by Crippen LogP contribution is 2.32. The van der Waals surface area contributed by atoms with E-state index in [4.69, 9.17) is 4.52 Å². The van der Waals surface area contributed by atoms with E-state index in [2.05, 4.69) is 25.4 Å². The van der Waals surface area contributed by atoms with E-state index < -0.39 is 11.7 Å². The molecule has 5 rings (SSSR count). The zero-order valence-corrected chi connectivity index (χ0v) is 21.2. The summed E-state index contributed by atoms with van der Waals surface area (Å²) < 4.78 is 45.9. The molecule has 10 nitrogen and oxygen atoms in total. The first-order valence-corrected chi connectivity index (χ1v) is 12.9. The van der Waals surface area contributed by atoms with Crippen LogP contribution in [-0.2, 0) is 17.5 Å². The Morgan fingerprint density at radius 1 is 1.29 bits per heavy atom. The van der Waals surface area contributed by atoms with Crippen molar-refractivity contribution in [3.63, 3.8) is 0 Å². The molecule has 14 heteroatoms. The minimum absolute atomic E-state index is 0.0177. The summed E-state index contributed by atoms with van der Waals surface area (Å²) in [5, 5.41) is 7.33. The molecule has 4 aromatic rings. The number of halogens is 3. The number of hydrogen-bond acceptors (Lipinski definition) is 9. The quantitative estimate of drug-likeness (QED) is 0.372. The standard InChI is InChI=1S/C24H24F3N7O3S/c1-2-8-28-21(35)15-6-4-9-33(11-15)23-31-20-18(38-23)22(36)34(13-29-20)12-17-30-19(32-37-17)14-5-3-7-16(10-14)24(25,26)27/h3,5,7,10,13,15H,2,4,6,8-9,11-12H2,1H3,(H,28,35). The normalized spacial score (nSPS) is 16.2. The zero-order chi connectivity index (χ0) is 26.9. The molecule has 1 fully saturated rings. The highest BCUT2D eigenvalue weighted by atomic mass is 32.1. The SMILES string of the molecule is CCCNC(=O)C1CCCN(c2nc3ncn(Cc4nc(-c5cccc(C(F)(F)F)c5)no4)c(=O)c3s2)C1. The summed E-state index contributed by atoms with van der Waals surface area (Å²) in [4.78, 5) is 40.6. The molecule has 4 heterocycles. The van der Waals surface area contributed by atoms with Gasteiger partial charge in [0.2, 0.25) is 17.6 Å². The highest BCUT2D eigenvalue weighted by molar-refractivity contribution is 7.22. The average Bonchev–Trinajstić information content (AvgIpc) is 3.56. The Balaban J connectivity index is 1.33. The average molecular weight is 548 g/mol. The number of nitrogens with one attached hydrogen (secondary N) is 1. The van der Waals surface area contributed by atoms with E-state index in [1.54, 1.807) is 0 Å². The van der Waals surface area contributed by atoms with Crippen molar-refractivity contribution in [2.75, 3.05) is 24.5 Å². The van der Waals surface area contributed by atoms with Gasteiger partial charge in [-0.1, -0.05) is 35.5 Å². The van der Waals surface area contributed by atoms with E-state index in [0.29, 0.717) is 28.6 Å². The lowest BCUT2D eigenvalue weighted by molar-refractivity contribution is -0.137. The van der Waals surface area contributed by atoms with E-state index in [1.165, 1.54) is 34.4 Å². The van der Waals surface area contributed by atoms with Crippen LogP contribution in [0.3, 0.4) is 0 Å². The molecule has 0 bridgehead atoms. The number of benzene rings is 1. The Bertz CT molecular complexity index is 1510. The van der Waals surface area contributed by atoms with Gasteiger partial charge in [-0.25, -0.2) is 4.98 Å². The van der Waals surface area contributed by atoms with Gasteiger partial charge in [0.25, 0.3) is 5.56 Å². The van der Waals surface area contributed by atoms with Crippen LogP contribution < -0.4 is 15.8 Å². The van der Waals surface area contributed by atoms with Crippen molar-refractivity contribution in [2.24, 2.45) is 5.92 Å². The molecule has 1 unspecified atom stereocenters. The molecule has 200 valence electrons. The van der Waals surface area contributed by atoms with E-state index in [-0.39, 0.29) is 41.2 Å². The minimum Gasteiger partial charge on any atom is -0.356 e. The summed E-state index contributed by atoms with van der Waals surface area (Å²) in [7, 11) is 0. The van der Waals surface area contributed by atoms with E-state index in [9.17, 15) is 22.8 Å². The van der Waals surface area contributed by atoms with Crippen molar-refractivity contribution < 1.29 is 22.5 Å². The summed E-state index contributed by atoms with van der Waals surface area (Å²) in [6, 6.07) is 4.60. The van der Waals surface area contributed by atoms with Gasteiger partial charge in [-0.15, -0.1) is 0 Å². The molecule has 3 aromatic heterocycles. The van der Waals surface area contributed by atoms with Gasteiger partial charge >= 0.3 is 6.18 Å². The van der Waals surface area contributed by atoms with Crippen molar-refractivity contribution in [1.82, 2.24) is 30.0 Å². The lowest BCUT2D eigenvalue weighted by Gasteiger charge is -2.31. The number of amides is 1. The molecule has 0 radical (unpaired) electrons. The Kier molecular flexibility index (Phi) is 7.15. The van der Waals surface area contributed by atoms with Gasteiger partial charge in [0, 0.05) is 25.2 Å². The van der Waals surface area contributed by atoms with E-state index in [1.807, 2.05) is 11.8 Å². The van der Waals surface area contributed by atoms with Crippen molar-refractivity contribution in [1.29, 1.82) is 0 Å². The minimum atomic E-state index is -4.50. The molecular weight excluding hydrogens is 523 g/mol. The molecule has 0 aliphatic carbocycles.